The van der Waals surface area contributed by atoms with Gasteiger partial charge in [-0.3, -0.25) is 4.98 Å². The van der Waals surface area contributed by atoms with E-state index >= 15 is 0 Å². The number of hydrogen-bond acceptors (Lipinski definition) is 4. The summed E-state index contributed by atoms with van der Waals surface area (Å²) in [4.78, 5) is 4.42. The summed E-state index contributed by atoms with van der Waals surface area (Å²) in [7, 11) is -1.88. The van der Waals surface area contributed by atoms with Crippen molar-refractivity contribution in [1.29, 1.82) is 0 Å². The lowest BCUT2D eigenvalue weighted by Gasteiger charge is -2.24. The van der Waals surface area contributed by atoms with Crippen LogP contribution in [-0.2, 0) is 10.0 Å². The summed E-state index contributed by atoms with van der Waals surface area (Å²) >= 11 is 0. The van der Waals surface area contributed by atoms with E-state index in [1.165, 1.54) is 4.31 Å². The van der Waals surface area contributed by atoms with E-state index in [-0.39, 0.29) is 6.04 Å². The van der Waals surface area contributed by atoms with Crippen LogP contribution in [-0.4, -0.2) is 43.9 Å². The molecule has 6 heteroatoms. The second kappa shape index (κ2) is 6.16. The van der Waals surface area contributed by atoms with Gasteiger partial charge in [0, 0.05) is 43.2 Å². The Hall–Kier alpha value is -1.76. The van der Waals surface area contributed by atoms with Gasteiger partial charge in [0.1, 0.15) is 0 Å². The molecule has 5 nitrogen and oxygen atoms in total. The van der Waals surface area contributed by atoms with Crippen LogP contribution in [0, 0.1) is 0 Å². The molecule has 1 atom stereocenters. The van der Waals surface area contributed by atoms with Gasteiger partial charge >= 0.3 is 0 Å². The number of nitrogens with one attached hydrogen (secondary N) is 1. The number of likely N-dealkylation sites (N-methyl/N-ethyl adjacent to an activating group) is 1. The SMILES string of the molecule is CN(C1CCNC1)S(=O)(=O)c1ccccc1-c1cccnc1. The Labute approximate surface area is 131 Å². The molecule has 3 rings (SSSR count). The first kappa shape index (κ1) is 15.1. The van der Waals surface area contributed by atoms with Crippen LogP contribution in [0.5, 0.6) is 0 Å². The molecule has 1 aliphatic heterocycles. The topological polar surface area (TPSA) is 62.3 Å². The van der Waals surface area contributed by atoms with Crippen molar-refractivity contribution in [3.63, 3.8) is 0 Å². The third-order valence-corrected chi connectivity index (χ3v) is 6.03. The second-order valence-corrected chi connectivity index (χ2v) is 7.37. The maximum Gasteiger partial charge on any atom is 0.243 e. The third kappa shape index (κ3) is 2.77. The molecule has 0 bridgehead atoms. The van der Waals surface area contributed by atoms with Crippen molar-refractivity contribution >= 4 is 10.0 Å². The normalized spacial score (nSPS) is 18.7. The van der Waals surface area contributed by atoms with Crippen LogP contribution in [0.4, 0.5) is 0 Å². The van der Waals surface area contributed by atoms with Crippen LogP contribution in [0.15, 0.2) is 53.7 Å². The quantitative estimate of drug-likeness (QED) is 0.933. The standard InChI is InChI=1S/C16H19N3O2S/c1-19(14-8-10-18-12-14)22(20,21)16-7-3-2-6-15(16)13-5-4-9-17-11-13/h2-7,9,11,14,18H,8,10,12H2,1H3. The summed E-state index contributed by atoms with van der Waals surface area (Å²) in [5.74, 6) is 0. The highest BCUT2D eigenvalue weighted by Crippen LogP contribution is 2.29. The predicted octanol–water partition coefficient (Wildman–Crippen LogP) is 1.73. The Morgan fingerprint density at radius 3 is 2.73 bits per heavy atom. The summed E-state index contributed by atoms with van der Waals surface area (Å²) in [5.41, 5.74) is 1.49. The Bertz CT molecular complexity index is 741. The zero-order valence-electron chi connectivity index (χ0n) is 12.4. The van der Waals surface area contributed by atoms with Gasteiger partial charge in [-0.05, 0) is 25.1 Å². The minimum atomic E-state index is -3.54. The van der Waals surface area contributed by atoms with Crippen molar-refractivity contribution in [1.82, 2.24) is 14.6 Å². The fraction of sp³-hybridized carbons (Fsp3) is 0.312. The Balaban J connectivity index is 2.04. The minimum Gasteiger partial charge on any atom is -0.315 e. The maximum atomic E-state index is 13.0. The molecule has 0 amide bonds. The number of rotatable bonds is 4. The van der Waals surface area contributed by atoms with Gasteiger partial charge in [0.2, 0.25) is 10.0 Å². The number of hydrogen-bond donors (Lipinski definition) is 1. The van der Waals surface area contributed by atoms with Crippen molar-refractivity contribution in [2.24, 2.45) is 0 Å². The molecular weight excluding hydrogens is 298 g/mol. The zero-order chi connectivity index (χ0) is 15.6. The van der Waals surface area contributed by atoms with Gasteiger partial charge in [-0.1, -0.05) is 24.3 Å². The van der Waals surface area contributed by atoms with E-state index in [1.807, 2.05) is 24.3 Å². The second-order valence-electron chi connectivity index (χ2n) is 5.41. The molecule has 0 radical (unpaired) electrons. The van der Waals surface area contributed by atoms with Crippen molar-refractivity contribution in [3.8, 4) is 11.1 Å². The Morgan fingerprint density at radius 1 is 1.23 bits per heavy atom. The monoisotopic (exact) mass is 317 g/mol. The highest BCUT2D eigenvalue weighted by atomic mass is 32.2. The van der Waals surface area contributed by atoms with Crippen LogP contribution in [0.3, 0.4) is 0 Å². The molecule has 1 aliphatic rings. The van der Waals surface area contributed by atoms with E-state index in [0.717, 1.165) is 18.5 Å². The van der Waals surface area contributed by atoms with Crippen LogP contribution >= 0.6 is 0 Å². The van der Waals surface area contributed by atoms with E-state index in [1.54, 1.807) is 31.6 Å². The van der Waals surface area contributed by atoms with Gasteiger partial charge in [0.05, 0.1) is 4.90 Å². The van der Waals surface area contributed by atoms with E-state index in [9.17, 15) is 8.42 Å². The van der Waals surface area contributed by atoms with Gasteiger partial charge in [-0.25, -0.2) is 8.42 Å². The van der Waals surface area contributed by atoms with E-state index in [0.29, 0.717) is 17.0 Å². The van der Waals surface area contributed by atoms with Crippen molar-refractivity contribution < 1.29 is 8.42 Å². The van der Waals surface area contributed by atoms with Crippen molar-refractivity contribution in [2.75, 3.05) is 20.1 Å². The first-order chi connectivity index (χ1) is 10.6. The summed E-state index contributed by atoms with van der Waals surface area (Å²) in [6.45, 7) is 1.56. The zero-order valence-corrected chi connectivity index (χ0v) is 13.3. The molecule has 1 N–H and O–H groups in total. The first-order valence-electron chi connectivity index (χ1n) is 7.29. The van der Waals surface area contributed by atoms with Crippen LogP contribution < -0.4 is 5.32 Å². The van der Waals surface area contributed by atoms with E-state index < -0.39 is 10.0 Å². The fourth-order valence-electron chi connectivity index (χ4n) is 2.75. The number of sulfonamides is 1. The van der Waals surface area contributed by atoms with Gasteiger partial charge in [0.25, 0.3) is 0 Å². The fourth-order valence-corrected chi connectivity index (χ4v) is 4.35. The molecule has 22 heavy (non-hydrogen) atoms. The van der Waals surface area contributed by atoms with Crippen molar-refractivity contribution in [2.45, 2.75) is 17.4 Å². The van der Waals surface area contributed by atoms with Gasteiger partial charge < -0.3 is 5.32 Å². The van der Waals surface area contributed by atoms with Crippen molar-refractivity contribution in [3.05, 3.63) is 48.8 Å². The molecule has 0 aliphatic carbocycles. The molecule has 1 aromatic heterocycles. The lowest BCUT2D eigenvalue weighted by molar-refractivity contribution is 0.388. The van der Waals surface area contributed by atoms with E-state index in [2.05, 4.69) is 10.3 Å². The molecule has 1 fully saturated rings. The van der Waals surface area contributed by atoms with Crippen LogP contribution in [0.25, 0.3) is 11.1 Å². The van der Waals surface area contributed by atoms with E-state index in [4.69, 9.17) is 0 Å². The minimum absolute atomic E-state index is 0.00644. The molecule has 1 saturated heterocycles. The van der Waals surface area contributed by atoms with Crippen LogP contribution in [0.1, 0.15) is 6.42 Å². The number of nitrogens with zero attached hydrogens (tertiary/aromatic N) is 2. The largest absolute Gasteiger partial charge is 0.315 e. The Kier molecular flexibility index (Phi) is 4.24. The molecule has 1 unspecified atom stereocenters. The molecule has 0 saturated carbocycles. The first-order valence-corrected chi connectivity index (χ1v) is 8.73. The molecule has 2 heterocycles. The van der Waals surface area contributed by atoms with Gasteiger partial charge in [-0.15, -0.1) is 0 Å². The highest BCUT2D eigenvalue weighted by Gasteiger charge is 2.31. The molecule has 0 spiro atoms. The Morgan fingerprint density at radius 2 is 2.05 bits per heavy atom. The number of benzene rings is 1. The van der Waals surface area contributed by atoms with Gasteiger partial charge in [-0.2, -0.15) is 4.31 Å². The average molecular weight is 317 g/mol. The number of aromatic nitrogens is 1. The molecule has 116 valence electrons. The lowest BCUT2D eigenvalue weighted by Crippen LogP contribution is -2.38. The summed E-state index contributed by atoms with van der Waals surface area (Å²) in [5, 5.41) is 3.21. The van der Waals surface area contributed by atoms with Gasteiger partial charge in [0.15, 0.2) is 0 Å². The molecule has 2 aromatic rings. The summed E-state index contributed by atoms with van der Waals surface area (Å²) in [6.07, 6.45) is 4.20. The highest BCUT2D eigenvalue weighted by molar-refractivity contribution is 7.89. The maximum absolute atomic E-state index is 13.0. The molecule has 1 aromatic carbocycles. The summed E-state index contributed by atoms with van der Waals surface area (Å²) in [6, 6.07) is 10.8. The predicted molar refractivity (Wildman–Crippen MR) is 85.9 cm³/mol. The lowest BCUT2D eigenvalue weighted by atomic mass is 10.1. The van der Waals surface area contributed by atoms with Crippen LogP contribution in [0.2, 0.25) is 0 Å². The molecular formula is C16H19N3O2S. The summed E-state index contributed by atoms with van der Waals surface area (Å²) < 4.78 is 27.5. The smallest absolute Gasteiger partial charge is 0.243 e. The average Bonchev–Trinajstić information content (AvgIpc) is 3.09. The number of pyridine rings is 1. The third-order valence-electron chi connectivity index (χ3n) is 4.07.